The molecule has 0 aromatic heterocycles. The quantitative estimate of drug-likeness (QED) is 0.835. The van der Waals surface area contributed by atoms with E-state index in [4.69, 9.17) is 4.74 Å². The number of ether oxygens (including phenoxy) is 1. The summed E-state index contributed by atoms with van der Waals surface area (Å²) in [5.74, 6) is 2.93. The van der Waals surface area contributed by atoms with E-state index in [2.05, 4.69) is 10.6 Å². The first-order valence-electron chi connectivity index (χ1n) is 9.47. The Kier molecular flexibility index (Phi) is 6.05. The first kappa shape index (κ1) is 17.0. The van der Waals surface area contributed by atoms with Gasteiger partial charge in [-0.1, -0.05) is 25.7 Å². The molecule has 4 rings (SSSR count). The second-order valence-corrected chi connectivity index (χ2v) is 7.96. The summed E-state index contributed by atoms with van der Waals surface area (Å²) in [5, 5.41) is 7.78. The molecule has 4 fully saturated rings. The van der Waals surface area contributed by atoms with E-state index in [0.717, 1.165) is 49.6 Å². The summed E-state index contributed by atoms with van der Waals surface area (Å²) in [4.78, 5) is 0. The van der Waals surface area contributed by atoms with Crippen molar-refractivity contribution in [3.8, 4) is 0 Å². The highest BCUT2D eigenvalue weighted by atomic mass is 35.5. The average Bonchev–Trinajstić information content (AvgIpc) is 3.16. The molecule has 6 atom stereocenters. The van der Waals surface area contributed by atoms with Crippen molar-refractivity contribution in [3.05, 3.63) is 0 Å². The van der Waals surface area contributed by atoms with Crippen LogP contribution in [0.4, 0.5) is 0 Å². The molecule has 1 aliphatic heterocycles. The van der Waals surface area contributed by atoms with Crippen molar-refractivity contribution in [2.75, 3.05) is 19.8 Å². The number of fused-ring (bicyclic) bond motifs is 1. The van der Waals surface area contributed by atoms with E-state index in [1.54, 1.807) is 0 Å². The van der Waals surface area contributed by atoms with Gasteiger partial charge < -0.3 is 15.4 Å². The number of rotatable bonds is 3. The van der Waals surface area contributed by atoms with Gasteiger partial charge in [0.25, 0.3) is 0 Å². The van der Waals surface area contributed by atoms with Crippen LogP contribution in [0.1, 0.15) is 57.8 Å². The molecule has 3 saturated carbocycles. The van der Waals surface area contributed by atoms with Crippen LogP contribution in [0.15, 0.2) is 0 Å². The summed E-state index contributed by atoms with van der Waals surface area (Å²) < 4.78 is 5.70. The largest absolute Gasteiger partial charge is 0.379 e. The second-order valence-electron chi connectivity index (χ2n) is 7.96. The Balaban J connectivity index is 0.00000144. The van der Waals surface area contributed by atoms with Gasteiger partial charge in [0, 0.05) is 24.7 Å². The lowest BCUT2D eigenvalue weighted by Crippen LogP contribution is -2.53. The van der Waals surface area contributed by atoms with Gasteiger partial charge in [0.05, 0.1) is 13.2 Å². The molecule has 0 spiro atoms. The fraction of sp³-hybridized carbons (Fsp3) is 1.00. The number of halogens is 1. The average molecular weight is 329 g/mol. The van der Waals surface area contributed by atoms with Crippen LogP contribution < -0.4 is 10.6 Å². The Morgan fingerprint density at radius 3 is 2.64 bits per heavy atom. The maximum absolute atomic E-state index is 5.70. The molecule has 4 aliphatic rings. The van der Waals surface area contributed by atoms with Crippen LogP contribution in [0.25, 0.3) is 0 Å². The van der Waals surface area contributed by atoms with Gasteiger partial charge in [-0.25, -0.2) is 0 Å². The van der Waals surface area contributed by atoms with E-state index in [9.17, 15) is 0 Å². The Morgan fingerprint density at radius 1 is 0.909 bits per heavy atom. The number of hydrogen-bond donors (Lipinski definition) is 2. The van der Waals surface area contributed by atoms with E-state index < -0.39 is 0 Å². The van der Waals surface area contributed by atoms with Crippen molar-refractivity contribution >= 4 is 12.4 Å². The van der Waals surface area contributed by atoms with Crippen LogP contribution >= 0.6 is 12.4 Å². The van der Waals surface area contributed by atoms with E-state index >= 15 is 0 Å². The predicted octanol–water partition coefficient (Wildman–Crippen LogP) is 3.12. The molecule has 3 aliphatic carbocycles. The Labute approximate surface area is 141 Å². The maximum atomic E-state index is 5.70. The van der Waals surface area contributed by atoms with Gasteiger partial charge in [-0.15, -0.1) is 12.4 Å². The van der Waals surface area contributed by atoms with Crippen LogP contribution in [0, 0.1) is 17.8 Å². The van der Waals surface area contributed by atoms with Crippen molar-refractivity contribution < 1.29 is 4.74 Å². The standard InChI is InChI=1S/C18H32N2O.ClH/c1-3-13-7-8-15(11-14(13)4-1)20-17-6-2-5-16(17)18-12-21-10-9-19-18;/h13-20H,1-12H2;1H. The predicted molar refractivity (Wildman–Crippen MR) is 92.6 cm³/mol. The molecule has 4 heteroatoms. The minimum atomic E-state index is 0. The van der Waals surface area contributed by atoms with Gasteiger partial charge in [0.2, 0.25) is 0 Å². The molecule has 22 heavy (non-hydrogen) atoms. The van der Waals surface area contributed by atoms with Gasteiger partial charge in [0.15, 0.2) is 0 Å². The highest BCUT2D eigenvalue weighted by molar-refractivity contribution is 5.85. The zero-order valence-electron chi connectivity index (χ0n) is 13.8. The third-order valence-corrected chi connectivity index (χ3v) is 6.78. The summed E-state index contributed by atoms with van der Waals surface area (Å²) in [5.41, 5.74) is 0. The van der Waals surface area contributed by atoms with Crippen molar-refractivity contribution in [2.45, 2.75) is 75.9 Å². The summed E-state index contributed by atoms with van der Waals surface area (Å²) in [7, 11) is 0. The molecule has 0 aromatic rings. The van der Waals surface area contributed by atoms with Gasteiger partial charge in [-0.3, -0.25) is 0 Å². The van der Waals surface area contributed by atoms with Gasteiger partial charge in [-0.2, -0.15) is 0 Å². The Morgan fingerprint density at radius 2 is 1.77 bits per heavy atom. The lowest BCUT2D eigenvalue weighted by atomic mass is 9.78. The molecule has 0 aromatic carbocycles. The summed E-state index contributed by atoms with van der Waals surface area (Å²) in [6.07, 6.45) is 13.1. The van der Waals surface area contributed by atoms with E-state index in [1.807, 2.05) is 0 Å². The highest BCUT2D eigenvalue weighted by Gasteiger charge is 2.38. The van der Waals surface area contributed by atoms with Crippen molar-refractivity contribution in [1.29, 1.82) is 0 Å². The summed E-state index contributed by atoms with van der Waals surface area (Å²) in [6.45, 7) is 2.87. The molecule has 1 heterocycles. The second kappa shape index (κ2) is 7.83. The molecule has 2 N–H and O–H groups in total. The summed E-state index contributed by atoms with van der Waals surface area (Å²) in [6, 6.07) is 2.15. The highest BCUT2D eigenvalue weighted by Crippen LogP contribution is 2.42. The molecule has 1 saturated heterocycles. The fourth-order valence-electron chi connectivity index (χ4n) is 5.69. The third kappa shape index (κ3) is 3.63. The smallest absolute Gasteiger partial charge is 0.0623 e. The van der Waals surface area contributed by atoms with Gasteiger partial charge in [-0.05, 0) is 49.9 Å². The van der Waals surface area contributed by atoms with Crippen LogP contribution in [0.3, 0.4) is 0 Å². The maximum Gasteiger partial charge on any atom is 0.0623 e. The molecule has 0 radical (unpaired) electrons. The van der Waals surface area contributed by atoms with Crippen LogP contribution in [-0.4, -0.2) is 37.9 Å². The van der Waals surface area contributed by atoms with Crippen LogP contribution in [-0.2, 0) is 4.74 Å². The SMILES string of the molecule is C1CC2CCC(NC3CCCC3C3COCCN3)CC2C1.Cl. The van der Waals surface area contributed by atoms with Crippen molar-refractivity contribution in [1.82, 2.24) is 10.6 Å². The minimum Gasteiger partial charge on any atom is -0.379 e. The number of nitrogens with one attached hydrogen (secondary N) is 2. The zero-order valence-corrected chi connectivity index (χ0v) is 14.6. The summed E-state index contributed by atoms with van der Waals surface area (Å²) >= 11 is 0. The molecular weight excluding hydrogens is 296 g/mol. The van der Waals surface area contributed by atoms with Crippen LogP contribution in [0.5, 0.6) is 0 Å². The normalized spacial score (nSPS) is 45.3. The molecule has 128 valence electrons. The van der Waals surface area contributed by atoms with E-state index in [0.29, 0.717) is 6.04 Å². The molecular formula is C18H33ClN2O. The lowest BCUT2D eigenvalue weighted by molar-refractivity contribution is 0.0505. The molecule has 3 nitrogen and oxygen atoms in total. The zero-order chi connectivity index (χ0) is 14.1. The number of morpholine rings is 1. The fourth-order valence-corrected chi connectivity index (χ4v) is 5.69. The Bertz CT molecular complexity index is 348. The van der Waals surface area contributed by atoms with Gasteiger partial charge >= 0.3 is 0 Å². The van der Waals surface area contributed by atoms with Crippen LogP contribution in [0.2, 0.25) is 0 Å². The topological polar surface area (TPSA) is 33.3 Å². The monoisotopic (exact) mass is 328 g/mol. The molecule has 0 bridgehead atoms. The first-order chi connectivity index (χ1) is 10.4. The molecule has 0 amide bonds. The lowest BCUT2D eigenvalue weighted by Gasteiger charge is -2.38. The van der Waals surface area contributed by atoms with E-state index in [1.165, 1.54) is 57.8 Å². The minimum absolute atomic E-state index is 0. The van der Waals surface area contributed by atoms with Crippen molar-refractivity contribution in [2.24, 2.45) is 17.8 Å². The van der Waals surface area contributed by atoms with E-state index in [-0.39, 0.29) is 12.4 Å². The number of hydrogen-bond acceptors (Lipinski definition) is 3. The third-order valence-electron chi connectivity index (χ3n) is 6.78. The Hall–Kier alpha value is 0.170. The first-order valence-corrected chi connectivity index (χ1v) is 9.47. The van der Waals surface area contributed by atoms with Crippen molar-refractivity contribution in [3.63, 3.8) is 0 Å². The molecule has 6 unspecified atom stereocenters. The van der Waals surface area contributed by atoms with Gasteiger partial charge in [0.1, 0.15) is 0 Å².